The molecule has 2 aromatic carbocycles. The van der Waals surface area contributed by atoms with Crippen molar-refractivity contribution in [1.82, 2.24) is 4.90 Å². The average Bonchev–Trinajstić information content (AvgIpc) is 3.49. The Kier molecular flexibility index (Phi) is 8.03. The van der Waals surface area contributed by atoms with Crippen LogP contribution in [0, 0.1) is 17.8 Å². The molecule has 3 amide bonds. The van der Waals surface area contributed by atoms with Crippen LogP contribution in [0.3, 0.4) is 0 Å². The number of carbonyl (C=O) groups excluding carboxylic acids is 3. The van der Waals surface area contributed by atoms with E-state index in [-0.39, 0.29) is 35.5 Å². The molecule has 3 aliphatic rings. The summed E-state index contributed by atoms with van der Waals surface area (Å²) in [6, 6.07) is 15.6. The van der Waals surface area contributed by atoms with Gasteiger partial charge < -0.3 is 20.6 Å². The Hall–Kier alpha value is -2.55. The molecule has 0 aliphatic carbocycles. The number of nitrogens with zero attached hydrogens (tertiary/aromatic N) is 1. The van der Waals surface area contributed by atoms with Crippen molar-refractivity contribution in [3.8, 4) is 0 Å². The number of hydrogen-bond acceptors (Lipinski definition) is 5. The van der Waals surface area contributed by atoms with Crippen LogP contribution in [0.15, 0.2) is 54.6 Å². The Morgan fingerprint density at radius 3 is 2.37 bits per heavy atom. The normalized spacial score (nSPS) is 29.4. The minimum atomic E-state index is -0.673. The summed E-state index contributed by atoms with van der Waals surface area (Å²) in [7, 11) is 0. The largest absolute Gasteiger partial charge is 0.396 e. The second-order valence-electron chi connectivity index (χ2n) is 10.6. The maximum atomic E-state index is 14.1. The van der Waals surface area contributed by atoms with E-state index in [1.807, 2.05) is 30.3 Å². The van der Waals surface area contributed by atoms with Gasteiger partial charge in [-0.1, -0.05) is 49.6 Å². The molecule has 0 saturated carbocycles. The van der Waals surface area contributed by atoms with E-state index in [9.17, 15) is 14.4 Å². The number of aliphatic hydroxyl groups excluding tert-OH is 1. The topological polar surface area (TPSA) is 98.7 Å². The fourth-order valence-corrected chi connectivity index (χ4v) is 9.15. The zero-order chi connectivity index (χ0) is 26.9. The first kappa shape index (κ1) is 27.0. The van der Waals surface area contributed by atoms with Crippen molar-refractivity contribution < 1.29 is 19.5 Å². The van der Waals surface area contributed by atoms with Gasteiger partial charge >= 0.3 is 0 Å². The fraction of sp³-hybridized carbons (Fsp3) is 0.483. The Morgan fingerprint density at radius 2 is 1.66 bits per heavy atom. The Morgan fingerprint density at radius 1 is 1.00 bits per heavy atom. The lowest BCUT2D eigenvalue weighted by Crippen LogP contribution is -2.54. The standard InChI is InChI=1S/C29H34ClN3O4S/c1-18-17-22-23(26(35)31-20-9-5-4-6-10-20)24-28(37)33(15-7-2-3-8-16-34)25(29(18,24)38-22)27(36)32-21-13-11-19(30)12-14-21/h4-6,9-14,18,22-25,34H,2-3,7-8,15-17H2,1H3,(H,31,35)(H,32,36)/t18?,22-,23+,24+,25?,29?/m1/s1. The van der Waals surface area contributed by atoms with Gasteiger partial charge in [0.05, 0.1) is 16.6 Å². The number of fused-ring (bicyclic) bond motifs is 1. The third-order valence-electron chi connectivity index (χ3n) is 8.26. The molecule has 1 spiro atoms. The molecule has 0 radical (unpaired) electrons. The number of likely N-dealkylation sites (tertiary alicyclic amines) is 1. The van der Waals surface area contributed by atoms with E-state index in [1.54, 1.807) is 40.9 Å². The van der Waals surface area contributed by atoms with Gasteiger partial charge in [0.2, 0.25) is 17.7 Å². The van der Waals surface area contributed by atoms with Crippen molar-refractivity contribution >= 4 is 52.5 Å². The maximum Gasteiger partial charge on any atom is 0.248 e. The van der Waals surface area contributed by atoms with Crippen LogP contribution in [-0.4, -0.2) is 56.9 Å². The highest BCUT2D eigenvalue weighted by molar-refractivity contribution is 8.02. The van der Waals surface area contributed by atoms with Crippen molar-refractivity contribution in [1.29, 1.82) is 0 Å². The Bertz CT molecular complexity index is 1180. The zero-order valence-electron chi connectivity index (χ0n) is 21.4. The molecule has 2 aromatic rings. The van der Waals surface area contributed by atoms with Gasteiger partial charge in [-0.15, -0.1) is 11.8 Å². The van der Waals surface area contributed by atoms with Gasteiger partial charge in [-0.25, -0.2) is 0 Å². The van der Waals surface area contributed by atoms with Crippen LogP contribution in [-0.2, 0) is 14.4 Å². The van der Waals surface area contributed by atoms with Crippen LogP contribution in [0.2, 0.25) is 5.02 Å². The first-order valence-corrected chi connectivity index (χ1v) is 14.6. The summed E-state index contributed by atoms with van der Waals surface area (Å²) < 4.78 is -0.665. The summed E-state index contributed by atoms with van der Waals surface area (Å²) >= 11 is 7.71. The monoisotopic (exact) mass is 555 g/mol. The van der Waals surface area contributed by atoms with Crippen LogP contribution in [0.25, 0.3) is 0 Å². The van der Waals surface area contributed by atoms with Gasteiger partial charge in [0, 0.05) is 34.8 Å². The molecule has 3 heterocycles. The van der Waals surface area contributed by atoms with E-state index >= 15 is 0 Å². The summed E-state index contributed by atoms with van der Waals surface area (Å²) in [6.07, 6.45) is 3.97. The van der Waals surface area contributed by atoms with Crippen molar-refractivity contribution in [3.63, 3.8) is 0 Å². The molecule has 3 N–H and O–H groups in total. The third-order valence-corrected chi connectivity index (χ3v) is 10.6. The van der Waals surface area contributed by atoms with E-state index < -0.39 is 22.6 Å². The fourth-order valence-electron chi connectivity index (χ4n) is 6.60. The number of nitrogens with one attached hydrogen (secondary N) is 2. The molecule has 38 heavy (non-hydrogen) atoms. The number of anilines is 2. The molecule has 7 nitrogen and oxygen atoms in total. The Labute approximate surface area is 232 Å². The summed E-state index contributed by atoms with van der Waals surface area (Å²) in [5, 5.41) is 15.7. The van der Waals surface area contributed by atoms with E-state index in [1.165, 1.54) is 0 Å². The van der Waals surface area contributed by atoms with Gasteiger partial charge in [0.15, 0.2) is 0 Å². The van der Waals surface area contributed by atoms with Crippen LogP contribution in [0.5, 0.6) is 0 Å². The lowest BCUT2D eigenvalue weighted by molar-refractivity contribution is -0.138. The van der Waals surface area contributed by atoms with Gasteiger partial charge in [-0.05, 0) is 61.6 Å². The number of halogens is 1. The first-order chi connectivity index (χ1) is 18.4. The van der Waals surface area contributed by atoms with E-state index in [0.29, 0.717) is 22.9 Å². The number of rotatable bonds is 10. The summed E-state index contributed by atoms with van der Waals surface area (Å²) in [5.74, 6) is -1.41. The molecule has 9 heteroatoms. The number of carbonyl (C=O) groups is 3. The third kappa shape index (κ3) is 4.82. The second-order valence-corrected chi connectivity index (χ2v) is 12.6. The predicted octanol–water partition coefficient (Wildman–Crippen LogP) is 4.81. The number of unbranched alkanes of at least 4 members (excludes halogenated alkanes) is 3. The van der Waals surface area contributed by atoms with Gasteiger partial charge in [-0.2, -0.15) is 0 Å². The van der Waals surface area contributed by atoms with Crippen molar-refractivity contribution in [3.05, 3.63) is 59.6 Å². The van der Waals surface area contributed by atoms with Crippen molar-refractivity contribution in [2.24, 2.45) is 17.8 Å². The minimum Gasteiger partial charge on any atom is -0.396 e. The molecular formula is C29H34ClN3O4S. The van der Waals surface area contributed by atoms with E-state index in [0.717, 1.165) is 32.1 Å². The van der Waals surface area contributed by atoms with Gasteiger partial charge in [0.1, 0.15) is 6.04 Å². The second kappa shape index (κ2) is 11.3. The molecule has 3 saturated heterocycles. The van der Waals surface area contributed by atoms with Crippen LogP contribution in [0.1, 0.15) is 39.0 Å². The van der Waals surface area contributed by atoms with Crippen LogP contribution >= 0.6 is 23.4 Å². The molecule has 202 valence electrons. The van der Waals surface area contributed by atoms with Crippen molar-refractivity contribution in [2.75, 3.05) is 23.8 Å². The van der Waals surface area contributed by atoms with E-state index in [4.69, 9.17) is 16.7 Å². The van der Waals surface area contributed by atoms with Crippen LogP contribution in [0.4, 0.5) is 11.4 Å². The molecule has 3 fully saturated rings. The maximum absolute atomic E-state index is 14.1. The molecule has 3 aliphatic heterocycles. The molecular weight excluding hydrogens is 522 g/mol. The Balaban J connectivity index is 1.44. The quantitative estimate of drug-likeness (QED) is 0.366. The lowest BCUT2D eigenvalue weighted by Gasteiger charge is -2.38. The number of benzene rings is 2. The molecule has 6 atom stereocenters. The summed E-state index contributed by atoms with van der Waals surface area (Å²) in [4.78, 5) is 43.4. The molecule has 5 rings (SSSR count). The average molecular weight is 556 g/mol. The number of thioether (sulfide) groups is 1. The number of amides is 3. The van der Waals surface area contributed by atoms with Gasteiger partial charge in [0.25, 0.3) is 0 Å². The highest BCUT2D eigenvalue weighted by Gasteiger charge is 2.75. The lowest BCUT2D eigenvalue weighted by atomic mass is 9.66. The molecule has 3 unspecified atom stereocenters. The predicted molar refractivity (Wildman–Crippen MR) is 151 cm³/mol. The van der Waals surface area contributed by atoms with Crippen LogP contribution < -0.4 is 10.6 Å². The zero-order valence-corrected chi connectivity index (χ0v) is 23.0. The first-order valence-electron chi connectivity index (χ1n) is 13.4. The van der Waals surface area contributed by atoms with Gasteiger partial charge in [-0.3, -0.25) is 14.4 Å². The highest BCUT2D eigenvalue weighted by Crippen LogP contribution is 2.68. The molecule has 0 aromatic heterocycles. The minimum absolute atomic E-state index is 0.0137. The number of para-hydroxylation sites is 1. The summed E-state index contributed by atoms with van der Waals surface area (Å²) in [6.45, 7) is 2.71. The highest BCUT2D eigenvalue weighted by atomic mass is 35.5. The number of hydrogen-bond donors (Lipinski definition) is 3. The summed E-state index contributed by atoms with van der Waals surface area (Å²) in [5.41, 5.74) is 1.33. The van der Waals surface area contributed by atoms with E-state index in [2.05, 4.69) is 17.6 Å². The number of aliphatic hydroxyl groups is 1. The smallest absolute Gasteiger partial charge is 0.248 e. The molecule has 2 bridgehead atoms. The van der Waals surface area contributed by atoms with Crippen molar-refractivity contribution in [2.45, 2.75) is 55.1 Å². The SMILES string of the molecule is CC1C[C@H]2SC13C(C(=O)Nc1ccc(Cl)cc1)N(CCCCCCO)C(=O)[C@@H]3[C@H]2C(=O)Nc1ccccc1.